The number of rotatable bonds is 5. The van der Waals surface area contributed by atoms with Crippen LogP contribution in [-0.2, 0) is 9.59 Å². The Morgan fingerprint density at radius 2 is 1.89 bits per heavy atom. The Morgan fingerprint density at radius 1 is 1.22 bits per heavy atom. The summed E-state index contributed by atoms with van der Waals surface area (Å²) in [6.45, 7) is 1.24. The number of carbonyl (C=O) groups excluding carboxylic acids is 3. The number of ether oxygens (including phenoxy) is 1. The maximum absolute atomic E-state index is 12.4. The van der Waals surface area contributed by atoms with E-state index in [1.165, 1.54) is 0 Å². The molecule has 27 heavy (non-hydrogen) atoms. The van der Waals surface area contributed by atoms with Crippen molar-refractivity contribution < 1.29 is 19.1 Å². The molecule has 2 saturated heterocycles. The number of imide groups is 1. The number of halogens is 2. The van der Waals surface area contributed by atoms with Crippen LogP contribution in [0, 0.1) is 0 Å². The molecule has 2 heterocycles. The van der Waals surface area contributed by atoms with E-state index in [0.29, 0.717) is 35.3 Å². The van der Waals surface area contributed by atoms with Gasteiger partial charge in [-0.05, 0) is 36.8 Å². The third-order valence-electron chi connectivity index (χ3n) is 5.07. The lowest BCUT2D eigenvalue weighted by molar-refractivity contribution is -0.132. The third-order valence-corrected chi connectivity index (χ3v) is 5.79. The molecule has 1 atom stereocenters. The molecule has 0 radical (unpaired) electrons. The molecule has 0 bridgehead atoms. The van der Waals surface area contributed by atoms with Crippen LogP contribution < -0.4 is 15.4 Å². The van der Waals surface area contributed by atoms with E-state index >= 15 is 0 Å². The molecule has 1 unspecified atom stereocenters. The minimum Gasteiger partial charge on any atom is -0.496 e. The van der Waals surface area contributed by atoms with E-state index in [1.807, 2.05) is 6.07 Å². The van der Waals surface area contributed by atoms with Gasteiger partial charge in [-0.1, -0.05) is 23.2 Å². The zero-order chi connectivity index (χ0) is 19.6. The zero-order valence-corrected chi connectivity index (χ0v) is 16.4. The van der Waals surface area contributed by atoms with Crippen LogP contribution in [0.2, 0.25) is 10.0 Å². The molecule has 2 N–H and O–H groups in total. The van der Waals surface area contributed by atoms with Crippen LogP contribution in [0.15, 0.2) is 12.1 Å². The Kier molecular flexibility index (Phi) is 6.11. The fourth-order valence-corrected chi connectivity index (χ4v) is 3.89. The Morgan fingerprint density at radius 3 is 2.48 bits per heavy atom. The summed E-state index contributed by atoms with van der Waals surface area (Å²) in [5.74, 6) is 0.553. The number of carbonyl (C=O) groups is 3. The van der Waals surface area contributed by atoms with Crippen LogP contribution in [0.1, 0.15) is 37.2 Å². The summed E-state index contributed by atoms with van der Waals surface area (Å²) in [5.41, 5.74) is 1.00. The predicted molar refractivity (Wildman–Crippen MR) is 101 cm³/mol. The summed E-state index contributed by atoms with van der Waals surface area (Å²) < 4.78 is 5.43. The first kappa shape index (κ1) is 19.8. The Balaban J connectivity index is 1.54. The van der Waals surface area contributed by atoms with Crippen molar-refractivity contribution >= 4 is 41.0 Å². The monoisotopic (exact) mass is 413 g/mol. The van der Waals surface area contributed by atoms with Gasteiger partial charge in [0.05, 0.1) is 17.2 Å². The van der Waals surface area contributed by atoms with Crippen molar-refractivity contribution in [3.8, 4) is 5.75 Å². The lowest BCUT2D eigenvalue weighted by Gasteiger charge is -2.33. The van der Waals surface area contributed by atoms with Crippen LogP contribution in [0.5, 0.6) is 5.75 Å². The molecular formula is C18H21Cl2N3O4. The molecule has 2 aliphatic heterocycles. The van der Waals surface area contributed by atoms with E-state index in [-0.39, 0.29) is 24.2 Å². The molecular weight excluding hydrogens is 393 g/mol. The average Bonchev–Trinajstić information content (AvgIpc) is 2.99. The maximum atomic E-state index is 12.4. The van der Waals surface area contributed by atoms with Gasteiger partial charge in [-0.15, -0.1) is 0 Å². The van der Waals surface area contributed by atoms with Gasteiger partial charge < -0.3 is 15.0 Å². The van der Waals surface area contributed by atoms with Crippen LogP contribution in [0.3, 0.4) is 0 Å². The van der Waals surface area contributed by atoms with E-state index in [1.54, 1.807) is 18.1 Å². The van der Waals surface area contributed by atoms with Crippen LogP contribution in [-0.4, -0.2) is 49.0 Å². The molecule has 0 aromatic heterocycles. The van der Waals surface area contributed by atoms with E-state index in [9.17, 15) is 14.4 Å². The number of urea groups is 1. The first-order chi connectivity index (χ1) is 12.9. The van der Waals surface area contributed by atoms with Crippen molar-refractivity contribution in [1.82, 2.24) is 15.5 Å². The standard InChI is InChI=1S/C18H21Cl2N3O4/c1-27-15-9-13(20)12(19)8-11(15)10-4-6-23(7-5-10)16(24)3-2-14-17(25)22-18(26)21-14/h8-10,14H,2-7H2,1H3,(H2,21,22,25,26). The van der Waals surface area contributed by atoms with Gasteiger partial charge in [0, 0.05) is 25.6 Å². The zero-order valence-electron chi connectivity index (χ0n) is 14.9. The van der Waals surface area contributed by atoms with E-state index in [0.717, 1.165) is 18.4 Å². The van der Waals surface area contributed by atoms with Gasteiger partial charge in [0.2, 0.25) is 5.91 Å². The molecule has 9 heteroatoms. The van der Waals surface area contributed by atoms with Crippen molar-refractivity contribution in [1.29, 1.82) is 0 Å². The number of likely N-dealkylation sites (tertiary alicyclic amines) is 1. The number of hydrogen-bond acceptors (Lipinski definition) is 4. The van der Waals surface area contributed by atoms with Crippen molar-refractivity contribution in [2.24, 2.45) is 0 Å². The second kappa shape index (κ2) is 8.35. The summed E-state index contributed by atoms with van der Waals surface area (Å²) in [6.07, 6.45) is 2.11. The molecule has 146 valence electrons. The largest absolute Gasteiger partial charge is 0.496 e. The number of amides is 4. The summed E-state index contributed by atoms with van der Waals surface area (Å²) in [4.78, 5) is 36.9. The number of nitrogens with zero attached hydrogens (tertiary/aromatic N) is 1. The molecule has 0 spiro atoms. The van der Waals surface area contributed by atoms with Gasteiger partial charge >= 0.3 is 6.03 Å². The van der Waals surface area contributed by atoms with Gasteiger partial charge in [-0.2, -0.15) is 0 Å². The second-order valence-corrected chi connectivity index (χ2v) is 7.53. The molecule has 1 aromatic rings. The van der Waals surface area contributed by atoms with Gasteiger partial charge in [-0.25, -0.2) is 4.79 Å². The lowest BCUT2D eigenvalue weighted by atomic mass is 9.88. The van der Waals surface area contributed by atoms with Gasteiger partial charge in [0.1, 0.15) is 11.8 Å². The van der Waals surface area contributed by atoms with Crippen LogP contribution >= 0.6 is 23.2 Å². The Hall–Kier alpha value is -1.99. The Bertz CT molecular complexity index is 763. The molecule has 4 amide bonds. The number of piperidine rings is 1. The molecule has 1 aromatic carbocycles. The summed E-state index contributed by atoms with van der Waals surface area (Å²) in [7, 11) is 1.60. The highest BCUT2D eigenvalue weighted by Gasteiger charge is 2.31. The fourth-order valence-electron chi connectivity index (χ4n) is 3.57. The summed E-state index contributed by atoms with van der Waals surface area (Å²) in [6, 6.07) is 2.43. The molecule has 2 aliphatic rings. The molecule has 0 saturated carbocycles. The van der Waals surface area contributed by atoms with E-state index in [2.05, 4.69) is 10.6 Å². The topological polar surface area (TPSA) is 87.7 Å². The van der Waals surface area contributed by atoms with Gasteiger partial charge in [0.15, 0.2) is 0 Å². The highest BCUT2D eigenvalue weighted by molar-refractivity contribution is 6.42. The minimum atomic E-state index is -0.626. The third kappa shape index (κ3) is 4.47. The number of benzene rings is 1. The van der Waals surface area contributed by atoms with E-state index < -0.39 is 12.1 Å². The summed E-state index contributed by atoms with van der Waals surface area (Å²) in [5, 5.41) is 5.61. The first-order valence-corrected chi connectivity index (χ1v) is 9.56. The van der Waals surface area contributed by atoms with E-state index in [4.69, 9.17) is 27.9 Å². The normalized spacial score (nSPS) is 20.4. The van der Waals surface area contributed by atoms with Gasteiger partial charge in [0.25, 0.3) is 5.91 Å². The summed E-state index contributed by atoms with van der Waals surface area (Å²) >= 11 is 12.2. The van der Waals surface area contributed by atoms with Crippen LogP contribution in [0.25, 0.3) is 0 Å². The number of nitrogens with one attached hydrogen (secondary N) is 2. The smallest absolute Gasteiger partial charge is 0.322 e. The quantitative estimate of drug-likeness (QED) is 0.726. The number of methoxy groups -OCH3 is 1. The number of hydrogen-bond donors (Lipinski definition) is 2. The lowest BCUT2D eigenvalue weighted by Crippen LogP contribution is -2.39. The van der Waals surface area contributed by atoms with Gasteiger partial charge in [-0.3, -0.25) is 14.9 Å². The highest BCUT2D eigenvalue weighted by atomic mass is 35.5. The van der Waals surface area contributed by atoms with Crippen molar-refractivity contribution in [2.75, 3.05) is 20.2 Å². The Labute approximate surface area is 167 Å². The molecule has 0 aliphatic carbocycles. The average molecular weight is 414 g/mol. The fraction of sp³-hybridized carbons (Fsp3) is 0.500. The minimum absolute atomic E-state index is 0.0106. The SMILES string of the molecule is COc1cc(Cl)c(Cl)cc1C1CCN(C(=O)CCC2NC(=O)NC2=O)CC1. The second-order valence-electron chi connectivity index (χ2n) is 6.72. The van der Waals surface area contributed by atoms with Crippen LogP contribution in [0.4, 0.5) is 4.79 Å². The van der Waals surface area contributed by atoms with Crippen molar-refractivity contribution in [3.05, 3.63) is 27.7 Å². The first-order valence-electron chi connectivity index (χ1n) is 8.81. The maximum Gasteiger partial charge on any atom is 0.322 e. The highest BCUT2D eigenvalue weighted by Crippen LogP contribution is 2.39. The molecule has 7 nitrogen and oxygen atoms in total. The molecule has 2 fully saturated rings. The van der Waals surface area contributed by atoms with Crippen molar-refractivity contribution in [3.63, 3.8) is 0 Å². The predicted octanol–water partition coefficient (Wildman–Crippen LogP) is 2.70. The van der Waals surface area contributed by atoms with Crippen molar-refractivity contribution in [2.45, 2.75) is 37.6 Å². The molecule has 3 rings (SSSR count).